The van der Waals surface area contributed by atoms with Gasteiger partial charge in [0.1, 0.15) is 0 Å². The van der Waals surface area contributed by atoms with E-state index >= 15 is 0 Å². The molecule has 5 heteroatoms. The van der Waals surface area contributed by atoms with Gasteiger partial charge >= 0.3 is 5.97 Å². The highest BCUT2D eigenvalue weighted by Gasteiger charge is 2.16. The van der Waals surface area contributed by atoms with Crippen LogP contribution >= 0.6 is 0 Å². The topological polar surface area (TPSA) is 72.5 Å². The van der Waals surface area contributed by atoms with Crippen LogP contribution in [0.2, 0.25) is 0 Å². The van der Waals surface area contributed by atoms with Gasteiger partial charge in [-0.2, -0.15) is 0 Å². The van der Waals surface area contributed by atoms with Crippen molar-refractivity contribution < 1.29 is 19.1 Å². The predicted molar refractivity (Wildman–Crippen MR) is 91.2 cm³/mol. The standard InChI is InChI=1S/C19H19NO4/c1-3-12-24-19(23)15-8-10-16(11-9-15)20-18(22)17(21)14-6-4-13(2)5-7-14/h4-11H,3,12H2,1-2H3,(H,20,22). The van der Waals surface area contributed by atoms with E-state index in [4.69, 9.17) is 4.74 Å². The maximum Gasteiger partial charge on any atom is 0.338 e. The molecule has 0 bridgehead atoms. The second-order valence-corrected chi connectivity index (χ2v) is 5.36. The largest absolute Gasteiger partial charge is 0.462 e. The van der Waals surface area contributed by atoms with Gasteiger partial charge < -0.3 is 10.1 Å². The first-order valence-corrected chi connectivity index (χ1v) is 7.71. The molecule has 0 radical (unpaired) electrons. The highest BCUT2D eigenvalue weighted by Crippen LogP contribution is 2.12. The summed E-state index contributed by atoms with van der Waals surface area (Å²) in [5, 5.41) is 2.52. The third-order valence-electron chi connectivity index (χ3n) is 3.34. The second kappa shape index (κ2) is 8.06. The number of Topliss-reactive ketones (excluding diaryl/α,β-unsaturated/α-hetero) is 1. The molecular formula is C19H19NO4. The van der Waals surface area contributed by atoms with Gasteiger partial charge in [-0.05, 0) is 37.6 Å². The molecule has 0 aliphatic heterocycles. The highest BCUT2D eigenvalue weighted by atomic mass is 16.5. The van der Waals surface area contributed by atoms with Crippen LogP contribution < -0.4 is 5.32 Å². The molecule has 0 saturated carbocycles. The lowest BCUT2D eigenvalue weighted by Crippen LogP contribution is -2.22. The number of ketones is 1. The van der Waals surface area contributed by atoms with Crippen LogP contribution in [-0.4, -0.2) is 24.3 Å². The Morgan fingerprint density at radius 1 is 0.917 bits per heavy atom. The Bertz CT molecular complexity index is 733. The van der Waals surface area contributed by atoms with Crippen LogP contribution in [0, 0.1) is 6.92 Å². The van der Waals surface area contributed by atoms with Gasteiger partial charge in [0, 0.05) is 11.3 Å². The zero-order valence-electron chi connectivity index (χ0n) is 13.7. The van der Waals surface area contributed by atoms with Gasteiger partial charge in [-0.1, -0.05) is 36.8 Å². The summed E-state index contributed by atoms with van der Waals surface area (Å²) in [6.07, 6.45) is 0.751. The summed E-state index contributed by atoms with van der Waals surface area (Å²) < 4.78 is 5.02. The number of carbonyl (C=O) groups is 3. The van der Waals surface area contributed by atoms with E-state index in [9.17, 15) is 14.4 Å². The molecule has 0 saturated heterocycles. The molecule has 5 nitrogen and oxygen atoms in total. The van der Waals surface area contributed by atoms with E-state index in [2.05, 4.69) is 5.32 Å². The van der Waals surface area contributed by atoms with Crippen LogP contribution in [0.1, 0.15) is 39.6 Å². The van der Waals surface area contributed by atoms with Gasteiger partial charge in [0.15, 0.2) is 0 Å². The molecular weight excluding hydrogens is 306 g/mol. The van der Waals surface area contributed by atoms with E-state index in [1.807, 2.05) is 13.8 Å². The number of nitrogens with one attached hydrogen (secondary N) is 1. The van der Waals surface area contributed by atoms with Crippen LogP contribution in [0.5, 0.6) is 0 Å². The third kappa shape index (κ3) is 4.52. The Hall–Kier alpha value is -2.95. The molecule has 1 N–H and O–H groups in total. The quantitative estimate of drug-likeness (QED) is 0.502. The number of anilines is 1. The van der Waals surface area contributed by atoms with Gasteiger partial charge in [-0.15, -0.1) is 0 Å². The van der Waals surface area contributed by atoms with Gasteiger partial charge in [0.25, 0.3) is 11.7 Å². The maximum absolute atomic E-state index is 12.1. The summed E-state index contributed by atoms with van der Waals surface area (Å²) in [7, 11) is 0. The first-order valence-electron chi connectivity index (χ1n) is 7.71. The number of benzene rings is 2. The molecule has 2 aromatic rings. The SMILES string of the molecule is CCCOC(=O)c1ccc(NC(=O)C(=O)c2ccc(C)cc2)cc1. The molecule has 2 aromatic carbocycles. The van der Waals surface area contributed by atoms with Gasteiger partial charge in [-0.25, -0.2) is 4.79 Å². The summed E-state index contributed by atoms with van der Waals surface area (Å²) in [5.74, 6) is -1.74. The minimum absolute atomic E-state index is 0.331. The van der Waals surface area contributed by atoms with Crippen LogP contribution in [0.4, 0.5) is 5.69 Å². The molecule has 0 aliphatic carbocycles. The summed E-state index contributed by atoms with van der Waals surface area (Å²) in [5.41, 5.74) is 2.18. The van der Waals surface area contributed by atoms with Crippen molar-refractivity contribution >= 4 is 23.3 Å². The Balaban J connectivity index is 2.00. The van der Waals surface area contributed by atoms with Crippen molar-refractivity contribution in [1.82, 2.24) is 0 Å². The minimum atomic E-state index is -0.722. The maximum atomic E-state index is 12.1. The molecule has 0 unspecified atom stereocenters. The molecule has 0 fully saturated rings. The number of esters is 1. The molecule has 0 heterocycles. The molecule has 1 amide bonds. The minimum Gasteiger partial charge on any atom is -0.462 e. The molecule has 0 aromatic heterocycles. The molecule has 2 rings (SSSR count). The zero-order valence-corrected chi connectivity index (χ0v) is 13.7. The second-order valence-electron chi connectivity index (χ2n) is 5.36. The predicted octanol–water partition coefficient (Wildman–Crippen LogP) is 3.38. The number of carbonyl (C=O) groups excluding carboxylic acids is 3. The molecule has 0 spiro atoms. The lowest BCUT2D eigenvalue weighted by atomic mass is 10.1. The molecule has 0 atom stereocenters. The third-order valence-corrected chi connectivity index (χ3v) is 3.34. The number of aryl methyl sites for hydroxylation is 1. The van der Waals surface area contributed by atoms with Crippen molar-refractivity contribution in [3.63, 3.8) is 0 Å². The first-order chi connectivity index (χ1) is 11.5. The lowest BCUT2D eigenvalue weighted by Gasteiger charge is -2.06. The van der Waals surface area contributed by atoms with E-state index in [1.165, 1.54) is 0 Å². The van der Waals surface area contributed by atoms with E-state index < -0.39 is 17.7 Å². The van der Waals surface area contributed by atoms with E-state index in [0.717, 1.165) is 12.0 Å². The number of amides is 1. The van der Waals surface area contributed by atoms with Crippen LogP contribution in [-0.2, 0) is 9.53 Å². The van der Waals surface area contributed by atoms with Crippen molar-refractivity contribution in [3.8, 4) is 0 Å². The molecule has 124 valence electrons. The fraction of sp³-hybridized carbons (Fsp3) is 0.211. The van der Waals surface area contributed by atoms with Crippen LogP contribution in [0.3, 0.4) is 0 Å². The van der Waals surface area contributed by atoms with Crippen molar-refractivity contribution in [3.05, 3.63) is 65.2 Å². The Morgan fingerprint density at radius 2 is 1.50 bits per heavy atom. The first kappa shape index (κ1) is 17.4. The van der Waals surface area contributed by atoms with E-state index in [-0.39, 0.29) is 0 Å². The summed E-state index contributed by atoms with van der Waals surface area (Å²) in [6.45, 7) is 4.18. The van der Waals surface area contributed by atoms with Crippen molar-refractivity contribution in [2.24, 2.45) is 0 Å². The number of ether oxygens (including phenoxy) is 1. The Morgan fingerprint density at radius 3 is 2.08 bits per heavy atom. The fourth-order valence-electron chi connectivity index (χ4n) is 1.99. The molecule has 0 aliphatic rings. The Kier molecular flexibility index (Phi) is 5.84. The summed E-state index contributed by atoms with van der Waals surface area (Å²) in [4.78, 5) is 35.8. The average molecular weight is 325 g/mol. The number of hydrogen-bond donors (Lipinski definition) is 1. The van der Waals surface area contributed by atoms with Crippen LogP contribution in [0.15, 0.2) is 48.5 Å². The van der Waals surface area contributed by atoms with Gasteiger partial charge in [0.05, 0.1) is 12.2 Å². The van der Waals surface area contributed by atoms with Gasteiger partial charge in [-0.3, -0.25) is 9.59 Å². The van der Waals surface area contributed by atoms with E-state index in [1.54, 1.807) is 48.5 Å². The monoisotopic (exact) mass is 325 g/mol. The van der Waals surface area contributed by atoms with Gasteiger partial charge in [0.2, 0.25) is 0 Å². The zero-order chi connectivity index (χ0) is 17.5. The normalized spacial score (nSPS) is 10.1. The summed E-state index contributed by atoms with van der Waals surface area (Å²) >= 11 is 0. The average Bonchev–Trinajstić information content (AvgIpc) is 2.60. The summed E-state index contributed by atoms with van der Waals surface area (Å²) in [6, 6.07) is 13.0. The van der Waals surface area contributed by atoms with Crippen molar-refractivity contribution in [1.29, 1.82) is 0 Å². The number of rotatable bonds is 6. The van der Waals surface area contributed by atoms with E-state index in [0.29, 0.717) is 23.4 Å². The van der Waals surface area contributed by atoms with Crippen LogP contribution in [0.25, 0.3) is 0 Å². The lowest BCUT2D eigenvalue weighted by molar-refractivity contribution is -0.112. The molecule has 24 heavy (non-hydrogen) atoms. The Labute approximate surface area is 140 Å². The fourth-order valence-corrected chi connectivity index (χ4v) is 1.99. The smallest absolute Gasteiger partial charge is 0.338 e. The van der Waals surface area contributed by atoms with Crippen molar-refractivity contribution in [2.75, 3.05) is 11.9 Å². The van der Waals surface area contributed by atoms with Crippen molar-refractivity contribution in [2.45, 2.75) is 20.3 Å². The number of hydrogen-bond acceptors (Lipinski definition) is 4. The highest BCUT2D eigenvalue weighted by molar-refractivity contribution is 6.46.